The van der Waals surface area contributed by atoms with Gasteiger partial charge in [-0.15, -0.1) is 0 Å². The zero-order chi connectivity index (χ0) is 18.5. The third-order valence-corrected chi connectivity index (χ3v) is 6.44. The van der Waals surface area contributed by atoms with Crippen LogP contribution >= 0.6 is 15.9 Å². The van der Waals surface area contributed by atoms with E-state index in [0.717, 1.165) is 0 Å². The van der Waals surface area contributed by atoms with Gasteiger partial charge < -0.3 is 4.74 Å². The summed E-state index contributed by atoms with van der Waals surface area (Å²) < 4.78 is 5.35. The number of ether oxygens (including phenoxy) is 1. The van der Waals surface area contributed by atoms with E-state index in [4.69, 9.17) is 4.74 Å². The van der Waals surface area contributed by atoms with Gasteiger partial charge >= 0.3 is 5.97 Å². The molecule has 0 heterocycles. The van der Waals surface area contributed by atoms with E-state index >= 15 is 0 Å². The highest BCUT2D eigenvalue weighted by atomic mass is 79.9. The molecule has 0 spiro atoms. The van der Waals surface area contributed by atoms with E-state index in [-0.39, 0.29) is 21.7 Å². The summed E-state index contributed by atoms with van der Waals surface area (Å²) in [5.74, 6) is 0.268. The average molecular weight is 428 g/mol. The average Bonchev–Trinajstić information content (AvgIpc) is 2.66. The smallest absolute Gasteiger partial charge is 0.324 e. The molecule has 3 aromatic rings. The number of halogens is 1. The maximum atomic E-state index is 11.7. The first-order valence-corrected chi connectivity index (χ1v) is 10.5. The van der Waals surface area contributed by atoms with Gasteiger partial charge in [-0.1, -0.05) is 51.8 Å². The number of rotatable bonds is 5. The minimum atomic E-state index is -0.325. The second-order valence-electron chi connectivity index (χ2n) is 5.94. The van der Waals surface area contributed by atoms with Gasteiger partial charge in [-0.2, -0.15) is 0 Å². The van der Waals surface area contributed by atoms with E-state index in [1.54, 1.807) is 6.92 Å². The third kappa shape index (κ3) is 4.57. The minimum absolute atomic E-state index is 0.202. The van der Waals surface area contributed by atoms with Crippen LogP contribution in [0.5, 0.6) is 5.75 Å². The normalized spacial score (nSPS) is 13.0. The predicted molar refractivity (Wildman–Crippen MR) is 110 cm³/mol. The van der Waals surface area contributed by atoms with Gasteiger partial charge in [0.2, 0.25) is 0 Å². The third-order valence-electron chi connectivity index (χ3n) is 3.84. The van der Waals surface area contributed by atoms with E-state index in [1.807, 2.05) is 30.3 Å². The molecule has 3 rings (SSSR count). The molecular formula is C22H20BrO2S+. The van der Waals surface area contributed by atoms with Crippen LogP contribution in [0.4, 0.5) is 0 Å². The molecule has 0 bridgehead atoms. The van der Waals surface area contributed by atoms with Crippen molar-refractivity contribution in [2.45, 2.75) is 33.4 Å². The second-order valence-corrected chi connectivity index (χ2v) is 9.34. The molecular weight excluding hydrogens is 408 g/mol. The van der Waals surface area contributed by atoms with Gasteiger partial charge in [0.15, 0.2) is 14.7 Å². The molecule has 0 amide bonds. The molecule has 4 heteroatoms. The van der Waals surface area contributed by atoms with Gasteiger partial charge in [0, 0.05) is 0 Å². The van der Waals surface area contributed by atoms with Crippen LogP contribution in [0, 0.1) is 6.92 Å². The maximum absolute atomic E-state index is 11.7. The van der Waals surface area contributed by atoms with Crippen molar-refractivity contribution in [2.24, 2.45) is 0 Å². The molecule has 0 aliphatic rings. The molecule has 26 heavy (non-hydrogen) atoms. The number of benzene rings is 3. The summed E-state index contributed by atoms with van der Waals surface area (Å²) in [6, 6.07) is 26.9. The van der Waals surface area contributed by atoms with Crippen LogP contribution in [0.15, 0.2) is 93.5 Å². The van der Waals surface area contributed by atoms with Gasteiger partial charge in [0.05, 0.1) is 10.9 Å². The first-order chi connectivity index (χ1) is 12.5. The van der Waals surface area contributed by atoms with Crippen LogP contribution in [0.1, 0.15) is 12.5 Å². The molecule has 2 atom stereocenters. The topological polar surface area (TPSA) is 26.3 Å². The number of hydrogen-bond acceptors (Lipinski definition) is 2. The minimum Gasteiger partial charge on any atom is -0.426 e. The predicted octanol–water partition coefficient (Wildman–Crippen LogP) is 5.78. The molecule has 0 saturated carbocycles. The van der Waals surface area contributed by atoms with E-state index in [9.17, 15) is 4.79 Å². The Balaban J connectivity index is 1.95. The van der Waals surface area contributed by atoms with Gasteiger partial charge in [0.1, 0.15) is 10.6 Å². The van der Waals surface area contributed by atoms with E-state index in [1.165, 1.54) is 20.2 Å². The number of esters is 1. The van der Waals surface area contributed by atoms with Gasteiger partial charge in [-0.25, -0.2) is 0 Å². The summed E-state index contributed by atoms with van der Waals surface area (Å²) in [5.41, 5.74) is 1.25. The summed E-state index contributed by atoms with van der Waals surface area (Å²) in [5, 5.41) is 0. The van der Waals surface area contributed by atoms with Crippen LogP contribution in [0.3, 0.4) is 0 Å². The van der Waals surface area contributed by atoms with Crippen molar-refractivity contribution in [3.8, 4) is 5.75 Å². The van der Waals surface area contributed by atoms with Crippen LogP contribution in [0.25, 0.3) is 0 Å². The summed E-state index contributed by atoms with van der Waals surface area (Å²) in [7, 11) is -0.202. The van der Waals surface area contributed by atoms with Crippen molar-refractivity contribution >= 4 is 32.8 Å². The molecule has 0 aliphatic heterocycles. The lowest BCUT2D eigenvalue weighted by atomic mass is 10.2. The highest BCUT2D eigenvalue weighted by Crippen LogP contribution is 2.32. The fourth-order valence-electron chi connectivity index (χ4n) is 2.48. The molecule has 0 radical (unpaired) electrons. The fourth-order valence-corrected chi connectivity index (χ4v) is 4.64. The highest BCUT2D eigenvalue weighted by Gasteiger charge is 2.28. The Morgan fingerprint density at radius 2 is 1.35 bits per heavy atom. The van der Waals surface area contributed by atoms with Crippen molar-refractivity contribution in [1.29, 1.82) is 0 Å². The lowest BCUT2D eigenvalue weighted by Crippen LogP contribution is -2.17. The summed E-state index contributed by atoms with van der Waals surface area (Å²) in [4.78, 5) is 15.1. The van der Waals surface area contributed by atoms with E-state index in [0.29, 0.717) is 5.75 Å². The number of carbonyl (C=O) groups excluding carboxylic acids is 1. The summed E-state index contributed by atoms with van der Waals surface area (Å²) >= 11 is 3.23. The van der Waals surface area contributed by atoms with Crippen molar-refractivity contribution in [3.63, 3.8) is 0 Å². The molecule has 0 aliphatic carbocycles. The second kappa shape index (κ2) is 8.56. The molecule has 132 valence electrons. The molecule has 0 aromatic heterocycles. The SMILES string of the molecule is Cc1ccc([S+](c2ccccc2)c2ccc(OC(=O)C(C)Br)cc2)cc1. The molecule has 3 aromatic carbocycles. The number of aryl methyl sites for hydroxylation is 1. The quantitative estimate of drug-likeness (QED) is 0.223. The first-order valence-electron chi connectivity index (χ1n) is 8.36. The van der Waals surface area contributed by atoms with Crippen molar-refractivity contribution < 1.29 is 9.53 Å². The molecule has 2 unspecified atom stereocenters. The maximum Gasteiger partial charge on any atom is 0.324 e. The lowest BCUT2D eigenvalue weighted by molar-refractivity contribution is -0.133. The number of alkyl halides is 1. The molecule has 0 N–H and O–H groups in total. The van der Waals surface area contributed by atoms with Crippen LogP contribution in [-0.4, -0.2) is 10.8 Å². The monoisotopic (exact) mass is 427 g/mol. The van der Waals surface area contributed by atoms with E-state index in [2.05, 4.69) is 71.4 Å². The Morgan fingerprint density at radius 1 is 0.846 bits per heavy atom. The first kappa shape index (κ1) is 18.7. The zero-order valence-corrected chi connectivity index (χ0v) is 17.1. The summed E-state index contributed by atoms with van der Waals surface area (Å²) in [6.07, 6.45) is 0. The fraction of sp³-hybridized carbons (Fsp3) is 0.136. The van der Waals surface area contributed by atoms with Crippen LogP contribution in [0.2, 0.25) is 0 Å². The van der Waals surface area contributed by atoms with Crippen LogP contribution < -0.4 is 4.74 Å². The van der Waals surface area contributed by atoms with Crippen LogP contribution in [-0.2, 0) is 15.7 Å². The number of carbonyl (C=O) groups is 1. The van der Waals surface area contributed by atoms with Gasteiger partial charge in [-0.05, 0) is 62.4 Å². The van der Waals surface area contributed by atoms with Gasteiger partial charge in [-0.3, -0.25) is 4.79 Å². The van der Waals surface area contributed by atoms with Crippen molar-refractivity contribution in [3.05, 3.63) is 84.4 Å². The lowest BCUT2D eigenvalue weighted by Gasteiger charge is -2.09. The van der Waals surface area contributed by atoms with Gasteiger partial charge in [0.25, 0.3) is 0 Å². The molecule has 0 saturated heterocycles. The molecule has 2 nitrogen and oxygen atoms in total. The summed E-state index contributed by atoms with van der Waals surface area (Å²) in [6.45, 7) is 3.85. The Morgan fingerprint density at radius 3 is 1.88 bits per heavy atom. The highest BCUT2D eigenvalue weighted by molar-refractivity contribution is 9.10. The Kier molecular flexibility index (Phi) is 6.17. The zero-order valence-electron chi connectivity index (χ0n) is 14.7. The number of hydrogen-bond donors (Lipinski definition) is 0. The van der Waals surface area contributed by atoms with Crippen molar-refractivity contribution in [2.75, 3.05) is 0 Å². The Labute approximate surface area is 165 Å². The Bertz CT molecular complexity index is 859. The largest absolute Gasteiger partial charge is 0.426 e. The Hall–Kier alpha value is -2.04. The van der Waals surface area contributed by atoms with E-state index < -0.39 is 0 Å². The standard InChI is InChI=1S/C22H20BrO2S/c1-16-8-12-20(13-9-16)26(19-6-4-3-5-7-19)21-14-10-18(11-15-21)25-22(24)17(2)23/h3-15,17H,1-2H3/q+1. The molecule has 0 fully saturated rings. The van der Waals surface area contributed by atoms with Crippen molar-refractivity contribution in [1.82, 2.24) is 0 Å².